The number of hydrogen-bond donors (Lipinski definition) is 7. The first kappa shape index (κ1) is 29.0. The zero-order chi connectivity index (χ0) is 29.3. The summed E-state index contributed by atoms with van der Waals surface area (Å²) in [5.41, 5.74) is 25.0. The number of H-pyrrole nitrogens is 1. The molecule has 2 fully saturated rings. The Kier molecular flexibility index (Phi) is 8.58. The maximum absolute atomic E-state index is 12.6. The summed E-state index contributed by atoms with van der Waals surface area (Å²) in [5.74, 6) is 0.470. The van der Waals surface area contributed by atoms with Crippen molar-refractivity contribution in [1.82, 2.24) is 19.9 Å². The minimum atomic E-state index is -0.654. The van der Waals surface area contributed by atoms with E-state index in [1.54, 1.807) is 18.2 Å². The smallest absolute Gasteiger partial charge is 0.261 e. The fraction of sp³-hybridized carbons (Fsp3) is 0.400. The highest BCUT2D eigenvalue weighted by atomic mass is 35.5. The molecule has 41 heavy (non-hydrogen) atoms. The minimum absolute atomic E-state index is 0.115. The molecular formula is C25H32Cl2N12O2. The molecule has 2 aliphatic heterocycles. The van der Waals surface area contributed by atoms with Gasteiger partial charge in [0.15, 0.2) is 0 Å². The van der Waals surface area contributed by atoms with Crippen LogP contribution in [0.3, 0.4) is 0 Å². The Morgan fingerprint density at radius 1 is 0.878 bits per heavy atom. The number of halogens is 2. The van der Waals surface area contributed by atoms with Crippen molar-refractivity contribution in [2.45, 2.75) is 37.0 Å². The molecule has 0 saturated carbocycles. The Hall–Kier alpha value is -3.53. The van der Waals surface area contributed by atoms with Gasteiger partial charge >= 0.3 is 0 Å². The van der Waals surface area contributed by atoms with E-state index in [0.717, 1.165) is 0 Å². The summed E-state index contributed by atoms with van der Waals surface area (Å²) >= 11 is 12.4. The van der Waals surface area contributed by atoms with Gasteiger partial charge < -0.3 is 48.4 Å². The maximum atomic E-state index is 12.6. The Labute approximate surface area is 245 Å². The average Bonchev–Trinajstić information content (AvgIpc) is 2.90. The highest BCUT2D eigenvalue weighted by Crippen LogP contribution is 2.29. The monoisotopic (exact) mass is 602 g/mol. The molecule has 4 atom stereocenters. The van der Waals surface area contributed by atoms with Gasteiger partial charge in [-0.1, -0.05) is 23.2 Å². The molecule has 0 radical (unpaired) electrons. The lowest BCUT2D eigenvalue weighted by molar-refractivity contribution is 0.102. The van der Waals surface area contributed by atoms with Crippen LogP contribution in [0, 0.1) is 0 Å². The molecule has 11 N–H and O–H groups in total. The highest BCUT2D eigenvalue weighted by molar-refractivity contribution is 6.34. The van der Waals surface area contributed by atoms with Gasteiger partial charge in [-0.25, -0.2) is 0 Å². The van der Waals surface area contributed by atoms with Crippen molar-refractivity contribution >= 4 is 58.3 Å². The second kappa shape index (κ2) is 12.1. The molecule has 4 heterocycles. The van der Waals surface area contributed by atoms with Gasteiger partial charge in [0.2, 0.25) is 17.8 Å². The quantitative estimate of drug-likeness (QED) is 0.206. The van der Waals surface area contributed by atoms with Gasteiger partial charge in [0.1, 0.15) is 5.56 Å². The molecule has 2 saturated heterocycles. The molecular weight excluding hydrogens is 571 g/mol. The Morgan fingerprint density at radius 3 is 1.98 bits per heavy atom. The average molecular weight is 604 g/mol. The number of piperidine rings is 2. The van der Waals surface area contributed by atoms with Gasteiger partial charge in [-0.15, -0.1) is 0 Å². The third kappa shape index (κ3) is 7.04. The molecule has 0 spiro atoms. The molecule has 0 bridgehead atoms. The van der Waals surface area contributed by atoms with E-state index < -0.39 is 11.5 Å². The number of pyridine rings is 1. The predicted molar refractivity (Wildman–Crippen MR) is 160 cm³/mol. The van der Waals surface area contributed by atoms with E-state index in [4.69, 9.17) is 51.1 Å². The number of aromatic amines is 1. The van der Waals surface area contributed by atoms with Crippen LogP contribution < -0.4 is 48.9 Å². The van der Waals surface area contributed by atoms with E-state index in [1.807, 2.05) is 9.80 Å². The maximum Gasteiger partial charge on any atom is 0.261 e. The van der Waals surface area contributed by atoms with Crippen LogP contribution in [0.1, 0.15) is 23.2 Å². The molecule has 0 aliphatic carbocycles. The standard InChI is InChI=1S/C25H32Cl2N12O2/c26-12-3-18(21(40)32-7-12)22(41)34-20-2-1-17(6-19(20)27)33-23-35-24(38-8-13(28)4-14(29)9-38)37-25(36-23)39-10-15(30)5-16(31)11-39/h1-3,6-7,13-16H,4-5,8-11,28-31H2,(H,32,40)(H,34,41)(H,33,35,36,37). The number of nitrogens with zero attached hydrogens (tertiary/aromatic N) is 5. The topological polar surface area (TPSA) is 223 Å². The first-order valence-corrected chi connectivity index (χ1v) is 13.8. The predicted octanol–water partition coefficient (Wildman–Crippen LogP) is 0.592. The summed E-state index contributed by atoms with van der Waals surface area (Å²) in [6.45, 7) is 2.19. The lowest BCUT2D eigenvalue weighted by atomic mass is 10.0. The van der Waals surface area contributed by atoms with E-state index in [9.17, 15) is 9.59 Å². The number of nitrogens with one attached hydrogen (secondary N) is 3. The zero-order valence-corrected chi connectivity index (χ0v) is 23.6. The molecule has 2 aromatic heterocycles. The lowest BCUT2D eigenvalue weighted by Crippen LogP contribution is -2.54. The van der Waals surface area contributed by atoms with Gasteiger partial charge in [-0.2, -0.15) is 15.0 Å². The number of amides is 1. The van der Waals surface area contributed by atoms with Crippen LogP contribution in [0.2, 0.25) is 10.0 Å². The van der Waals surface area contributed by atoms with Crippen molar-refractivity contribution in [2.24, 2.45) is 22.9 Å². The third-order valence-electron chi connectivity index (χ3n) is 6.79. The van der Waals surface area contributed by atoms with E-state index in [1.165, 1.54) is 12.3 Å². The van der Waals surface area contributed by atoms with Crippen LogP contribution in [-0.4, -0.2) is 76.2 Å². The molecule has 1 amide bonds. The van der Waals surface area contributed by atoms with Crippen LogP contribution >= 0.6 is 23.2 Å². The SMILES string of the molecule is NC1CC(N)CN(c2nc(Nc3ccc(NC(=O)c4cc(Cl)c[nH]c4=O)c(Cl)c3)nc(N3CC(N)CC(N)C3)n2)C1. The molecule has 3 aromatic rings. The van der Waals surface area contributed by atoms with Crippen molar-refractivity contribution in [3.8, 4) is 0 Å². The van der Waals surface area contributed by atoms with Crippen molar-refractivity contribution in [3.63, 3.8) is 0 Å². The van der Waals surface area contributed by atoms with Crippen LogP contribution in [0.25, 0.3) is 0 Å². The fourth-order valence-corrected chi connectivity index (χ4v) is 5.41. The molecule has 1 aromatic carbocycles. The normalized spacial score (nSPS) is 22.9. The van der Waals surface area contributed by atoms with Crippen molar-refractivity contribution in [1.29, 1.82) is 0 Å². The first-order chi connectivity index (χ1) is 19.5. The molecule has 218 valence electrons. The minimum Gasteiger partial charge on any atom is -0.338 e. The van der Waals surface area contributed by atoms with Crippen molar-refractivity contribution < 1.29 is 4.79 Å². The number of carbonyl (C=O) groups is 1. The summed E-state index contributed by atoms with van der Waals surface area (Å²) < 4.78 is 0. The van der Waals surface area contributed by atoms with Crippen LogP contribution in [0.15, 0.2) is 35.3 Å². The van der Waals surface area contributed by atoms with Crippen LogP contribution in [-0.2, 0) is 0 Å². The van der Waals surface area contributed by atoms with Gasteiger partial charge in [0.05, 0.1) is 15.7 Å². The summed E-state index contributed by atoms with van der Waals surface area (Å²) in [6.07, 6.45) is 2.72. The number of hydrogen-bond acceptors (Lipinski definition) is 12. The first-order valence-electron chi connectivity index (χ1n) is 13.1. The Morgan fingerprint density at radius 2 is 1.44 bits per heavy atom. The molecule has 14 nitrogen and oxygen atoms in total. The van der Waals surface area contributed by atoms with Gasteiger partial charge in [-0.05, 0) is 37.1 Å². The summed E-state index contributed by atoms with van der Waals surface area (Å²) in [6, 6.07) is 5.70. The van der Waals surface area contributed by atoms with E-state index in [0.29, 0.717) is 62.3 Å². The van der Waals surface area contributed by atoms with Crippen LogP contribution in [0.4, 0.5) is 29.2 Å². The van der Waals surface area contributed by atoms with Crippen molar-refractivity contribution in [3.05, 3.63) is 56.4 Å². The number of nitrogens with two attached hydrogens (primary N) is 4. The highest BCUT2D eigenvalue weighted by Gasteiger charge is 2.29. The summed E-state index contributed by atoms with van der Waals surface area (Å²) in [7, 11) is 0. The fourth-order valence-electron chi connectivity index (χ4n) is 5.02. The Bertz CT molecular complexity index is 1420. The molecule has 2 aliphatic rings. The largest absolute Gasteiger partial charge is 0.338 e. The molecule has 16 heteroatoms. The third-order valence-corrected chi connectivity index (χ3v) is 7.33. The van der Waals surface area contributed by atoms with E-state index >= 15 is 0 Å². The molecule has 4 unspecified atom stereocenters. The van der Waals surface area contributed by atoms with Gasteiger partial charge in [-0.3, -0.25) is 9.59 Å². The summed E-state index contributed by atoms with van der Waals surface area (Å²) in [4.78, 5) is 45.0. The lowest BCUT2D eigenvalue weighted by Gasteiger charge is -2.37. The van der Waals surface area contributed by atoms with E-state index in [2.05, 4.69) is 25.6 Å². The number of carbonyl (C=O) groups excluding carboxylic acids is 1. The molecule has 5 rings (SSSR count). The second-order valence-corrected chi connectivity index (χ2v) is 11.3. The van der Waals surface area contributed by atoms with Gasteiger partial charge in [0, 0.05) is 62.2 Å². The number of rotatable bonds is 6. The second-order valence-electron chi connectivity index (χ2n) is 10.4. The number of benzene rings is 1. The number of aromatic nitrogens is 4. The van der Waals surface area contributed by atoms with Crippen LogP contribution in [0.5, 0.6) is 0 Å². The zero-order valence-electron chi connectivity index (χ0n) is 22.1. The van der Waals surface area contributed by atoms with E-state index in [-0.39, 0.29) is 45.7 Å². The van der Waals surface area contributed by atoms with Crippen molar-refractivity contribution in [2.75, 3.05) is 46.6 Å². The van der Waals surface area contributed by atoms with Gasteiger partial charge in [0.25, 0.3) is 11.5 Å². The number of anilines is 5. The Balaban J connectivity index is 1.40. The summed E-state index contributed by atoms with van der Waals surface area (Å²) in [5, 5.41) is 6.23.